The molecule has 0 heterocycles. The fourth-order valence-electron chi connectivity index (χ4n) is 1.11. The van der Waals surface area contributed by atoms with Gasteiger partial charge in [0, 0.05) is 11.6 Å². The standard InChI is InChI=1S/C10H12FNO2/c1-6(13)10(12)8-4-3-7(14-2)5-9(8)11/h3-5,10H,12H2,1-2H3. The van der Waals surface area contributed by atoms with Gasteiger partial charge in [-0.15, -0.1) is 0 Å². The lowest BCUT2D eigenvalue weighted by atomic mass is 10.0. The first-order valence-electron chi connectivity index (χ1n) is 4.15. The van der Waals surface area contributed by atoms with Gasteiger partial charge in [0.2, 0.25) is 0 Å². The molecule has 0 aliphatic heterocycles. The number of carbonyl (C=O) groups excluding carboxylic acids is 1. The largest absolute Gasteiger partial charge is 0.497 e. The number of hydrogen-bond acceptors (Lipinski definition) is 3. The summed E-state index contributed by atoms with van der Waals surface area (Å²) in [5.41, 5.74) is 5.69. The molecule has 0 saturated heterocycles. The summed E-state index contributed by atoms with van der Waals surface area (Å²) in [5, 5.41) is 0. The average Bonchev–Trinajstić information content (AvgIpc) is 2.16. The summed E-state index contributed by atoms with van der Waals surface area (Å²) in [6.45, 7) is 1.33. The highest BCUT2D eigenvalue weighted by Gasteiger charge is 2.15. The maximum Gasteiger partial charge on any atom is 0.151 e. The van der Waals surface area contributed by atoms with Gasteiger partial charge in [-0.2, -0.15) is 0 Å². The smallest absolute Gasteiger partial charge is 0.151 e. The summed E-state index contributed by atoms with van der Waals surface area (Å²) in [4.78, 5) is 10.9. The molecule has 1 unspecified atom stereocenters. The van der Waals surface area contributed by atoms with Crippen molar-refractivity contribution in [2.45, 2.75) is 13.0 Å². The number of nitrogens with two attached hydrogens (primary N) is 1. The molecule has 4 heteroatoms. The number of carbonyl (C=O) groups is 1. The Balaban J connectivity index is 3.05. The van der Waals surface area contributed by atoms with E-state index in [0.717, 1.165) is 0 Å². The predicted molar refractivity (Wildman–Crippen MR) is 50.6 cm³/mol. The molecule has 0 radical (unpaired) electrons. The Labute approximate surface area is 81.7 Å². The molecule has 2 N–H and O–H groups in total. The van der Waals surface area contributed by atoms with Crippen LogP contribution in [-0.2, 0) is 4.79 Å². The van der Waals surface area contributed by atoms with Crippen LogP contribution in [0.1, 0.15) is 18.5 Å². The number of ether oxygens (including phenoxy) is 1. The fraction of sp³-hybridized carbons (Fsp3) is 0.300. The van der Waals surface area contributed by atoms with E-state index in [-0.39, 0.29) is 11.3 Å². The van der Waals surface area contributed by atoms with Gasteiger partial charge in [0.1, 0.15) is 11.6 Å². The van der Waals surface area contributed by atoms with E-state index in [4.69, 9.17) is 10.5 Å². The van der Waals surface area contributed by atoms with Crippen LogP contribution in [-0.4, -0.2) is 12.9 Å². The molecular weight excluding hydrogens is 185 g/mol. The van der Waals surface area contributed by atoms with Crippen LogP contribution in [0.2, 0.25) is 0 Å². The van der Waals surface area contributed by atoms with Crippen LogP contribution in [0.4, 0.5) is 4.39 Å². The molecule has 1 aromatic rings. The van der Waals surface area contributed by atoms with E-state index in [1.165, 1.54) is 26.2 Å². The molecule has 1 aromatic carbocycles. The van der Waals surface area contributed by atoms with Crippen LogP contribution in [0.15, 0.2) is 18.2 Å². The average molecular weight is 197 g/mol. The van der Waals surface area contributed by atoms with Crippen LogP contribution < -0.4 is 10.5 Å². The minimum atomic E-state index is -0.902. The maximum absolute atomic E-state index is 13.3. The topological polar surface area (TPSA) is 52.3 Å². The Morgan fingerprint density at radius 3 is 2.64 bits per heavy atom. The minimum Gasteiger partial charge on any atom is -0.497 e. The zero-order valence-corrected chi connectivity index (χ0v) is 8.08. The van der Waals surface area contributed by atoms with Crippen molar-refractivity contribution in [3.8, 4) is 5.75 Å². The lowest BCUT2D eigenvalue weighted by Gasteiger charge is -2.10. The second-order valence-electron chi connectivity index (χ2n) is 2.98. The number of benzene rings is 1. The molecule has 0 bridgehead atoms. The first kappa shape index (κ1) is 10.7. The van der Waals surface area contributed by atoms with Crippen molar-refractivity contribution < 1.29 is 13.9 Å². The van der Waals surface area contributed by atoms with Crippen molar-refractivity contribution in [3.63, 3.8) is 0 Å². The van der Waals surface area contributed by atoms with Crippen molar-refractivity contribution in [1.82, 2.24) is 0 Å². The summed E-state index contributed by atoms with van der Waals surface area (Å²) in [6.07, 6.45) is 0. The zero-order valence-electron chi connectivity index (χ0n) is 8.08. The van der Waals surface area contributed by atoms with Crippen molar-refractivity contribution in [2.24, 2.45) is 5.73 Å². The van der Waals surface area contributed by atoms with E-state index in [1.54, 1.807) is 6.07 Å². The second kappa shape index (κ2) is 4.19. The van der Waals surface area contributed by atoms with Gasteiger partial charge in [0.15, 0.2) is 5.78 Å². The normalized spacial score (nSPS) is 12.3. The van der Waals surface area contributed by atoms with E-state index in [0.29, 0.717) is 5.75 Å². The van der Waals surface area contributed by atoms with Gasteiger partial charge in [-0.05, 0) is 13.0 Å². The number of hydrogen-bond donors (Lipinski definition) is 1. The summed E-state index contributed by atoms with van der Waals surface area (Å²) >= 11 is 0. The first-order chi connectivity index (χ1) is 6.56. The van der Waals surface area contributed by atoms with E-state index < -0.39 is 11.9 Å². The summed E-state index contributed by atoms with van der Waals surface area (Å²) in [7, 11) is 1.44. The van der Waals surface area contributed by atoms with Gasteiger partial charge in [0.25, 0.3) is 0 Å². The van der Waals surface area contributed by atoms with E-state index in [9.17, 15) is 9.18 Å². The molecule has 0 amide bonds. The highest BCUT2D eigenvalue weighted by atomic mass is 19.1. The second-order valence-corrected chi connectivity index (χ2v) is 2.98. The van der Waals surface area contributed by atoms with Crippen molar-refractivity contribution in [1.29, 1.82) is 0 Å². The monoisotopic (exact) mass is 197 g/mol. The van der Waals surface area contributed by atoms with Crippen molar-refractivity contribution in [2.75, 3.05) is 7.11 Å². The van der Waals surface area contributed by atoms with Crippen LogP contribution in [0.25, 0.3) is 0 Å². The van der Waals surface area contributed by atoms with Crippen molar-refractivity contribution in [3.05, 3.63) is 29.6 Å². The van der Waals surface area contributed by atoms with Gasteiger partial charge < -0.3 is 10.5 Å². The van der Waals surface area contributed by atoms with E-state index in [1.807, 2.05) is 0 Å². The maximum atomic E-state index is 13.3. The molecule has 0 spiro atoms. The van der Waals surface area contributed by atoms with Crippen LogP contribution in [0.3, 0.4) is 0 Å². The lowest BCUT2D eigenvalue weighted by Crippen LogP contribution is -2.19. The quantitative estimate of drug-likeness (QED) is 0.797. The highest BCUT2D eigenvalue weighted by molar-refractivity contribution is 5.82. The number of rotatable bonds is 3. The Morgan fingerprint density at radius 2 is 2.21 bits per heavy atom. The number of ketones is 1. The van der Waals surface area contributed by atoms with E-state index >= 15 is 0 Å². The van der Waals surface area contributed by atoms with E-state index in [2.05, 4.69) is 0 Å². The molecule has 0 aromatic heterocycles. The molecule has 3 nitrogen and oxygen atoms in total. The number of halogens is 1. The van der Waals surface area contributed by atoms with Crippen LogP contribution in [0.5, 0.6) is 5.75 Å². The number of methoxy groups -OCH3 is 1. The molecule has 1 atom stereocenters. The zero-order chi connectivity index (χ0) is 10.7. The molecule has 0 aliphatic rings. The van der Waals surface area contributed by atoms with Crippen LogP contribution in [0, 0.1) is 5.82 Å². The fourth-order valence-corrected chi connectivity index (χ4v) is 1.11. The molecule has 1 rings (SSSR count). The van der Waals surface area contributed by atoms with Gasteiger partial charge in [-0.25, -0.2) is 4.39 Å². The molecule has 76 valence electrons. The molecule has 14 heavy (non-hydrogen) atoms. The molecule has 0 fully saturated rings. The van der Waals surface area contributed by atoms with Crippen molar-refractivity contribution >= 4 is 5.78 Å². The third-order valence-corrected chi connectivity index (χ3v) is 1.98. The number of Topliss-reactive ketones (excluding diaryl/α,β-unsaturated/α-hetero) is 1. The summed E-state index contributed by atoms with van der Waals surface area (Å²) < 4.78 is 18.2. The lowest BCUT2D eigenvalue weighted by molar-refractivity contribution is -0.118. The Kier molecular flexibility index (Phi) is 3.19. The minimum absolute atomic E-state index is 0.193. The third-order valence-electron chi connectivity index (χ3n) is 1.98. The summed E-state index contributed by atoms with van der Waals surface area (Å²) in [5.74, 6) is -0.386. The third kappa shape index (κ3) is 2.09. The molecule has 0 aliphatic carbocycles. The summed E-state index contributed by atoms with van der Waals surface area (Å²) in [6, 6.07) is 3.33. The Morgan fingerprint density at radius 1 is 1.57 bits per heavy atom. The Bertz CT molecular complexity index is 352. The highest BCUT2D eigenvalue weighted by Crippen LogP contribution is 2.20. The molecular formula is C10H12FNO2. The van der Waals surface area contributed by atoms with Crippen LogP contribution >= 0.6 is 0 Å². The Hall–Kier alpha value is -1.42. The van der Waals surface area contributed by atoms with Gasteiger partial charge in [-0.3, -0.25) is 4.79 Å². The SMILES string of the molecule is COc1ccc(C(N)C(C)=O)c(F)c1. The molecule has 0 saturated carbocycles. The predicted octanol–water partition coefficient (Wildman–Crippen LogP) is 1.42. The first-order valence-corrected chi connectivity index (χ1v) is 4.15. The van der Waals surface area contributed by atoms with Gasteiger partial charge >= 0.3 is 0 Å². The van der Waals surface area contributed by atoms with Gasteiger partial charge in [-0.1, -0.05) is 6.07 Å². The van der Waals surface area contributed by atoms with Gasteiger partial charge in [0.05, 0.1) is 13.2 Å².